The first-order valence-electron chi connectivity index (χ1n) is 13.1. The van der Waals surface area contributed by atoms with Gasteiger partial charge in [-0.15, -0.1) is 0 Å². The first kappa shape index (κ1) is 28.4. The lowest BCUT2D eigenvalue weighted by atomic mass is 9.85. The van der Waals surface area contributed by atoms with Crippen molar-refractivity contribution in [2.75, 3.05) is 38.9 Å². The second-order valence-electron chi connectivity index (χ2n) is 9.23. The highest BCUT2D eigenvalue weighted by Crippen LogP contribution is 2.28. The van der Waals surface area contributed by atoms with Crippen LogP contribution in [0.15, 0.2) is 0 Å². The quantitative estimate of drug-likeness (QED) is 0.113. The fourth-order valence-electron chi connectivity index (χ4n) is 4.44. The predicted octanol–water partition coefficient (Wildman–Crippen LogP) is 8.08. The molecular formula is C26H51BrO3. The summed E-state index contributed by atoms with van der Waals surface area (Å²) in [5.41, 5.74) is 0. The summed E-state index contributed by atoms with van der Waals surface area (Å²) in [5.74, 6) is 1.07. The molecule has 0 aromatic carbocycles. The molecule has 1 fully saturated rings. The first-order valence-corrected chi connectivity index (χ1v) is 14.2. The molecule has 180 valence electrons. The van der Waals surface area contributed by atoms with E-state index in [9.17, 15) is 0 Å². The van der Waals surface area contributed by atoms with E-state index in [0.717, 1.165) is 37.3 Å². The molecule has 0 spiro atoms. The van der Waals surface area contributed by atoms with Gasteiger partial charge in [0.25, 0.3) is 0 Å². The van der Waals surface area contributed by atoms with E-state index in [0.29, 0.717) is 13.2 Å². The van der Waals surface area contributed by atoms with Gasteiger partial charge in [-0.2, -0.15) is 0 Å². The highest BCUT2D eigenvalue weighted by molar-refractivity contribution is 9.09. The molecule has 1 aliphatic carbocycles. The minimum atomic E-state index is 0.0663. The molecule has 0 N–H and O–H groups in total. The van der Waals surface area contributed by atoms with Gasteiger partial charge in [0, 0.05) is 25.7 Å². The highest BCUT2D eigenvalue weighted by Gasteiger charge is 2.12. The highest BCUT2D eigenvalue weighted by atomic mass is 79.9. The summed E-state index contributed by atoms with van der Waals surface area (Å²) in [6.07, 6.45) is 25.3. The van der Waals surface area contributed by atoms with Gasteiger partial charge in [0.15, 0.2) is 0 Å². The van der Waals surface area contributed by atoms with E-state index in [-0.39, 0.29) is 6.10 Å². The van der Waals surface area contributed by atoms with Crippen LogP contribution in [0, 0.1) is 5.92 Å². The zero-order valence-corrected chi connectivity index (χ0v) is 21.6. The fourth-order valence-corrected chi connectivity index (χ4v) is 4.84. The Hall–Kier alpha value is 0.360. The summed E-state index contributed by atoms with van der Waals surface area (Å²) in [4.78, 5) is 0. The van der Waals surface area contributed by atoms with Gasteiger partial charge in [-0.3, -0.25) is 0 Å². The Kier molecular flexibility index (Phi) is 21.3. The second kappa shape index (κ2) is 22.6. The zero-order chi connectivity index (χ0) is 21.5. The molecule has 0 saturated heterocycles. The van der Waals surface area contributed by atoms with Crippen LogP contribution in [0.5, 0.6) is 0 Å². The molecule has 1 aliphatic rings. The van der Waals surface area contributed by atoms with Crippen LogP contribution in [0.3, 0.4) is 0 Å². The van der Waals surface area contributed by atoms with E-state index in [1.165, 1.54) is 103 Å². The van der Waals surface area contributed by atoms with Crippen molar-refractivity contribution in [2.45, 2.75) is 122 Å². The number of halogens is 1. The molecule has 1 saturated carbocycles. The summed E-state index contributed by atoms with van der Waals surface area (Å²) in [7, 11) is 1.74. The maximum absolute atomic E-state index is 5.78. The van der Waals surface area contributed by atoms with Crippen LogP contribution in [0.2, 0.25) is 0 Å². The van der Waals surface area contributed by atoms with Crippen molar-refractivity contribution < 1.29 is 14.2 Å². The third-order valence-corrected chi connectivity index (χ3v) is 7.05. The van der Waals surface area contributed by atoms with Crippen LogP contribution < -0.4 is 0 Å². The normalized spacial score (nSPS) is 16.2. The maximum atomic E-state index is 5.78. The number of alkyl halides is 1. The molecule has 1 rings (SSSR count). The smallest absolute Gasteiger partial charge is 0.104 e. The van der Waals surface area contributed by atoms with Gasteiger partial charge in [0.1, 0.15) is 6.10 Å². The van der Waals surface area contributed by atoms with Gasteiger partial charge in [-0.1, -0.05) is 112 Å². The maximum Gasteiger partial charge on any atom is 0.104 e. The Morgan fingerprint density at radius 2 is 1.17 bits per heavy atom. The number of rotatable bonds is 22. The van der Waals surface area contributed by atoms with Crippen LogP contribution in [0.25, 0.3) is 0 Å². The molecule has 30 heavy (non-hydrogen) atoms. The van der Waals surface area contributed by atoms with Gasteiger partial charge in [-0.05, 0) is 25.2 Å². The monoisotopic (exact) mass is 490 g/mol. The molecule has 0 heterocycles. The van der Waals surface area contributed by atoms with E-state index in [4.69, 9.17) is 14.2 Å². The Balaban J connectivity index is 1.74. The van der Waals surface area contributed by atoms with Crippen molar-refractivity contribution in [2.24, 2.45) is 5.92 Å². The lowest BCUT2D eigenvalue weighted by Gasteiger charge is -2.21. The van der Waals surface area contributed by atoms with Gasteiger partial charge in [-0.25, -0.2) is 0 Å². The molecule has 1 unspecified atom stereocenters. The van der Waals surface area contributed by atoms with Crippen LogP contribution in [-0.2, 0) is 14.2 Å². The minimum Gasteiger partial charge on any atom is -0.379 e. The van der Waals surface area contributed by atoms with Crippen molar-refractivity contribution >= 4 is 15.9 Å². The first-order chi connectivity index (χ1) is 14.9. The Bertz CT molecular complexity index is 334. The fraction of sp³-hybridized carbons (Fsp3) is 1.00. The molecule has 0 aromatic heterocycles. The lowest BCUT2D eigenvalue weighted by molar-refractivity contribution is -0.0416. The number of unbranched alkanes of at least 4 members (excludes halogenated alkanes) is 10. The summed E-state index contributed by atoms with van der Waals surface area (Å²) < 4.78 is 16.9. The molecule has 0 aliphatic heterocycles. The third-order valence-electron chi connectivity index (χ3n) is 6.49. The van der Waals surface area contributed by atoms with Crippen molar-refractivity contribution in [3.05, 3.63) is 0 Å². The predicted molar refractivity (Wildman–Crippen MR) is 133 cm³/mol. The topological polar surface area (TPSA) is 27.7 Å². The molecule has 0 amide bonds. The molecule has 0 aromatic rings. The van der Waals surface area contributed by atoms with Gasteiger partial charge in [0.05, 0.1) is 13.2 Å². The van der Waals surface area contributed by atoms with E-state index >= 15 is 0 Å². The Labute approximate surface area is 196 Å². The minimum absolute atomic E-state index is 0.0663. The molecule has 4 heteroatoms. The number of ether oxygens (including phenoxy) is 3. The van der Waals surface area contributed by atoms with Crippen LogP contribution >= 0.6 is 15.9 Å². The van der Waals surface area contributed by atoms with E-state index < -0.39 is 0 Å². The van der Waals surface area contributed by atoms with Gasteiger partial charge < -0.3 is 14.2 Å². The van der Waals surface area contributed by atoms with Crippen molar-refractivity contribution in [1.29, 1.82) is 0 Å². The summed E-state index contributed by atoms with van der Waals surface area (Å²) in [5, 5.41) is 1.05. The zero-order valence-electron chi connectivity index (χ0n) is 20.0. The Morgan fingerprint density at radius 3 is 1.70 bits per heavy atom. The number of methoxy groups -OCH3 is 1. The third kappa shape index (κ3) is 18.0. The van der Waals surface area contributed by atoms with E-state index in [1.807, 2.05) is 0 Å². The van der Waals surface area contributed by atoms with Crippen LogP contribution in [0.4, 0.5) is 0 Å². The number of hydrogen-bond acceptors (Lipinski definition) is 3. The second-order valence-corrected chi connectivity index (χ2v) is 10.0. The molecular weight excluding hydrogens is 440 g/mol. The van der Waals surface area contributed by atoms with Gasteiger partial charge in [0.2, 0.25) is 0 Å². The van der Waals surface area contributed by atoms with Crippen molar-refractivity contribution in [3.63, 3.8) is 0 Å². The summed E-state index contributed by atoms with van der Waals surface area (Å²) in [6.45, 7) is 2.95. The van der Waals surface area contributed by atoms with Gasteiger partial charge >= 0.3 is 0 Å². The SMILES string of the molecule is COC(COCCCCBr)COCCCCCCCCCCCCC1CCCCC1. The lowest BCUT2D eigenvalue weighted by Crippen LogP contribution is -2.24. The van der Waals surface area contributed by atoms with Crippen LogP contribution in [0.1, 0.15) is 116 Å². The summed E-state index contributed by atoms with van der Waals surface area (Å²) >= 11 is 3.44. The number of hydrogen-bond donors (Lipinski definition) is 0. The summed E-state index contributed by atoms with van der Waals surface area (Å²) in [6, 6.07) is 0. The van der Waals surface area contributed by atoms with E-state index in [1.54, 1.807) is 7.11 Å². The average molecular weight is 492 g/mol. The molecule has 0 radical (unpaired) electrons. The largest absolute Gasteiger partial charge is 0.379 e. The molecule has 3 nitrogen and oxygen atoms in total. The van der Waals surface area contributed by atoms with Crippen molar-refractivity contribution in [1.82, 2.24) is 0 Å². The van der Waals surface area contributed by atoms with E-state index in [2.05, 4.69) is 15.9 Å². The molecule has 0 bridgehead atoms. The van der Waals surface area contributed by atoms with Crippen molar-refractivity contribution in [3.8, 4) is 0 Å². The molecule has 1 atom stereocenters. The standard InChI is InChI=1S/C26H51BrO3/c1-28-26(24-30-22-16-14-20-27)23-29-21-15-9-7-5-3-2-4-6-8-11-17-25-18-12-10-13-19-25/h25-26H,2-24H2,1H3. The average Bonchev–Trinajstić information content (AvgIpc) is 2.78. The van der Waals surface area contributed by atoms with Crippen LogP contribution in [-0.4, -0.2) is 45.0 Å². The Morgan fingerprint density at radius 1 is 0.667 bits per heavy atom.